The van der Waals surface area contributed by atoms with Gasteiger partial charge in [-0.25, -0.2) is 0 Å². The molecule has 1 aromatic heterocycles. The molecule has 0 aliphatic heterocycles. The first-order valence-electron chi connectivity index (χ1n) is 5.55. The Morgan fingerprint density at radius 3 is 3.00 bits per heavy atom. The van der Waals surface area contributed by atoms with Crippen molar-refractivity contribution in [2.24, 2.45) is 11.7 Å². The standard InChI is InChI=1S/C11H19N3/c1-2-9-6-13-14(7-9)8-10-3-4-11(12)5-10/h6-7,10-11H,2-5,8,12H2,1H3. The highest BCUT2D eigenvalue weighted by Gasteiger charge is 2.21. The quantitative estimate of drug-likeness (QED) is 0.792. The van der Waals surface area contributed by atoms with Gasteiger partial charge >= 0.3 is 0 Å². The molecule has 0 radical (unpaired) electrons. The summed E-state index contributed by atoms with van der Waals surface area (Å²) in [6, 6.07) is 0.432. The molecule has 0 aromatic carbocycles. The third-order valence-electron chi connectivity index (χ3n) is 3.12. The third kappa shape index (κ3) is 2.15. The minimum absolute atomic E-state index is 0.432. The predicted octanol–water partition coefficient (Wildman–Crippen LogP) is 1.57. The van der Waals surface area contributed by atoms with Gasteiger partial charge in [0.2, 0.25) is 0 Å². The van der Waals surface area contributed by atoms with Crippen molar-refractivity contribution in [3.05, 3.63) is 18.0 Å². The second kappa shape index (κ2) is 4.13. The lowest BCUT2D eigenvalue weighted by Gasteiger charge is -2.08. The molecule has 0 bridgehead atoms. The highest BCUT2D eigenvalue weighted by atomic mass is 15.3. The smallest absolute Gasteiger partial charge is 0.0521 e. The highest BCUT2D eigenvalue weighted by Crippen LogP contribution is 2.25. The molecular formula is C11H19N3. The van der Waals surface area contributed by atoms with E-state index in [9.17, 15) is 0 Å². The molecule has 1 aliphatic carbocycles. The van der Waals surface area contributed by atoms with Crippen LogP contribution in [0.2, 0.25) is 0 Å². The van der Waals surface area contributed by atoms with E-state index >= 15 is 0 Å². The van der Waals surface area contributed by atoms with Gasteiger partial charge in [-0.3, -0.25) is 4.68 Å². The van der Waals surface area contributed by atoms with Gasteiger partial charge in [-0.15, -0.1) is 0 Å². The van der Waals surface area contributed by atoms with Crippen LogP contribution in [0, 0.1) is 5.92 Å². The Kier molecular flexibility index (Phi) is 2.87. The van der Waals surface area contributed by atoms with Crippen LogP contribution in [0.4, 0.5) is 0 Å². The first kappa shape index (κ1) is 9.71. The summed E-state index contributed by atoms with van der Waals surface area (Å²) in [7, 11) is 0. The summed E-state index contributed by atoms with van der Waals surface area (Å²) in [5, 5.41) is 4.35. The predicted molar refractivity (Wildman–Crippen MR) is 56.9 cm³/mol. The fourth-order valence-electron chi connectivity index (χ4n) is 2.23. The Bertz CT molecular complexity index is 292. The molecule has 2 unspecified atom stereocenters. The molecule has 1 heterocycles. The van der Waals surface area contributed by atoms with Crippen molar-refractivity contribution in [3.63, 3.8) is 0 Å². The van der Waals surface area contributed by atoms with E-state index < -0.39 is 0 Å². The number of hydrogen-bond acceptors (Lipinski definition) is 2. The zero-order chi connectivity index (χ0) is 9.97. The summed E-state index contributed by atoms with van der Waals surface area (Å²) in [6.07, 6.45) is 8.82. The normalized spacial score (nSPS) is 27.0. The summed E-state index contributed by atoms with van der Waals surface area (Å²) >= 11 is 0. The lowest BCUT2D eigenvalue weighted by molar-refractivity contribution is 0.424. The largest absolute Gasteiger partial charge is 0.328 e. The minimum atomic E-state index is 0.432. The van der Waals surface area contributed by atoms with Crippen molar-refractivity contribution in [1.82, 2.24) is 9.78 Å². The van der Waals surface area contributed by atoms with E-state index in [4.69, 9.17) is 5.73 Å². The molecule has 78 valence electrons. The Morgan fingerprint density at radius 1 is 1.57 bits per heavy atom. The summed E-state index contributed by atoms with van der Waals surface area (Å²) in [6.45, 7) is 3.21. The van der Waals surface area contributed by atoms with E-state index in [1.54, 1.807) is 0 Å². The van der Waals surface area contributed by atoms with Gasteiger partial charge in [-0.2, -0.15) is 5.10 Å². The molecule has 1 aliphatic rings. The molecule has 2 rings (SSSR count). The fraction of sp³-hybridized carbons (Fsp3) is 0.727. The highest BCUT2D eigenvalue weighted by molar-refractivity contribution is 5.02. The van der Waals surface area contributed by atoms with Gasteiger partial charge in [0.15, 0.2) is 0 Å². The van der Waals surface area contributed by atoms with Gasteiger partial charge in [-0.1, -0.05) is 6.92 Å². The molecule has 1 aromatic rings. The van der Waals surface area contributed by atoms with E-state index in [0.717, 1.165) is 18.9 Å². The van der Waals surface area contributed by atoms with Crippen LogP contribution >= 0.6 is 0 Å². The summed E-state index contributed by atoms with van der Waals surface area (Å²) in [4.78, 5) is 0. The maximum Gasteiger partial charge on any atom is 0.0521 e. The van der Waals surface area contributed by atoms with Crippen molar-refractivity contribution < 1.29 is 0 Å². The SMILES string of the molecule is CCc1cnn(CC2CCC(N)C2)c1. The third-order valence-corrected chi connectivity index (χ3v) is 3.12. The summed E-state index contributed by atoms with van der Waals surface area (Å²) in [5.41, 5.74) is 7.21. The van der Waals surface area contributed by atoms with Crippen LogP contribution in [0.1, 0.15) is 31.7 Å². The van der Waals surface area contributed by atoms with E-state index in [1.807, 2.05) is 6.20 Å². The number of hydrogen-bond donors (Lipinski definition) is 1. The Hall–Kier alpha value is -0.830. The van der Waals surface area contributed by atoms with Crippen molar-refractivity contribution in [2.75, 3.05) is 0 Å². The Balaban J connectivity index is 1.90. The molecule has 2 N–H and O–H groups in total. The monoisotopic (exact) mass is 193 g/mol. The first-order valence-corrected chi connectivity index (χ1v) is 5.55. The zero-order valence-electron chi connectivity index (χ0n) is 8.82. The molecule has 1 fully saturated rings. The van der Waals surface area contributed by atoms with E-state index in [-0.39, 0.29) is 0 Å². The molecule has 1 saturated carbocycles. The molecular weight excluding hydrogens is 174 g/mol. The average Bonchev–Trinajstić information content (AvgIpc) is 2.76. The van der Waals surface area contributed by atoms with Gasteiger partial charge in [0.05, 0.1) is 6.20 Å². The van der Waals surface area contributed by atoms with Gasteiger partial charge in [0, 0.05) is 18.8 Å². The number of aromatic nitrogens is 2. The maximum absolute atomic E-state index is 5.88. The van der Waals surface area contributed by atoms with Crippen molar-refractivity contribution in [1.29, 1.82) is 0 Å². The number of rotatable bonds is 3. The topological polar surface area (TPSA) is 43.8 Å². The molecule has 3 heteroatoms. The number of nitrogens with two attached hydrogens (primary N) is 1. The lowest BCUT2D eigenvalue weighted by atomic mass is 10.1. The number of nitrogens with zero attached hydrogens (tertiary/aromatic N) is 2. The second-order valence-corrected chi connectivity index (χ2v) is 4.36. The minimum Gasteiger partial charge on any atom is -0.328 e. The van der Waals surface area contributed by atoms with Gasteiger partial charge < -0.3 is 5.73 Å². The van der Waals surface area contributed by atoms with Crippen molar-refractivity contribution in [2.45, 2.75) is 45.2 Å². The van der Waals surface area contributed by atoms with Crippen LogP contribution in [0.25, 0.3) is 0 Å². The Labute approximate surface area is 85.3 Å². The van der Waals surface area contributed by atoms with Crippen LogP contribution in [-0.2, 0) is 13.0 Å². The molecule has 14 heavy (non-hydrogen) atoms. The van der Waals surface area contributed by atoms with Gasteiger partial charge in [0.25, 0.3) is 0 Å². The molecule has 0 spiro atoms. The van der Waals surface area contributed by atoms with Gasteiger partial charge in [-0.05, 0) is 37.2 Å². The summed E-state index contributed by atoms with van der Waals surface area (Å²) < 4.78 is 2.07. The van der Waals surface area contributed by atoms with Crippen LogP contribution in [0.15, 0.2) is 12.4 Å². The lowest BCUT2D eigenvalue weighted by Crippen LogP contribution is -2.16. The van der Waals surface area contributed by atoms with Crippen LogP contribution < -0.4 is 5.73 Å². The number of aryl methyl sites for hydroxylation is 1. The van der Waals surface area contributed by atoms with Crippen LogP contribution in [0.5, 0.6) is 0 Å². The molecule has 0 saturated heterocycles. The van der Waals surface area contributed by atoms with E-state index in [2.05, 4.69) is 22.9 Å². The van der Waals surface area contributed by atoms with E-state index in [0.29, 0.717) is 6.04 Å². The molecule has 0 amide bonds. The van der Waals surface area contributed by atoms with Gasteiger partial charge in [0.1, 0.15) is 0 Å². The van der Waals surface area contributed by atoms with Crippen molar-refractivity contribution in [3.8, 4) is 0 Å². The van der Waals surface area contributed by atoms with E-state index in [1.165, 1.54) is 24.8 Å². The zero-order valence-corrected chi connectivity index (χ0v) is 8.82. The Morgan fingerprint density at radius 2 is 2.43 bits per heavy atom. The average molecular weight is 193 g/mol. The second-order valence-electron chi connectivity index (χ2n) is 4.36. The fourth-order valence-corrected chi connectivity index (χ4v) is 2.23. The van der Waals surface area contributed by atoms with Crippen LogP contribution in [-0.4, -0.2) is 15.8 Å². The molecule has 2 atom stereocenters. The molecule has 3 nitrogen and oxygen atoms in total. The maximum atomic E-state index is 5.88. The van der Waals surface area contributed by atoms with Crippen molar-refractivity contribution >= 4 is 0 Å². The first-order chi connectivity index (χ1) is 6.78. The van der Waals surface area contributed by atoms with Crippen LogP contribution in [0.3, 0.4) is 0 Å². The summed E-state index contributed by atoms with van der Waals surface area (Å²) in [5.74, 6) is 0.745.